The maximum absolute atomic E-state index is 11.1. The summed E-state index contributed by atoms with van der Waals surface area (Å²) in [5, 5.41) is 6.37. The van der Waals surface area contributed by atoms with Crippen LogP contribution >= 0.6 is 0 Å². The molecule has 0 spiro atoms. The summed E-state index contributed by atoms with van der Waals surface area (Å²) in [6, 6.07) is 0. The molecule has 4 N–H and O–H groups in total. The molecule has 0 atom stereocenters. The SMILES string of the molecule is NC(=O)c1nccnc1NCCC1=CCNCC1. The molecule has 6 heteroatoms. The largest absolute Gasteiger partial charge is 0.368 e. The van der Waals surface area contributed by atoms with Crippen LogP contribution in [0.5, 0.6) is 0 Å². The zero-order chi connectivity index (χ0) is 12.8. The van der Waals surface area contributed by atoms with Crippen LogP contribution in [-0.2, 0) is 0 Å². The fourth-order valence-electron chi connectivity index (χ4n) is 1.89. The van der Waals surface area contributed by atoms with Crippen molar-refractivity contribution in [3.63, 3.8) is 0 Å². The van der Waals surface area contributed by atoms with Gasteiger partial charge in [-0.1, -0.05) is 11.6 Å². The summed E-state index contributed by atoms with van der Waals surface area (Å²) >= 11 is 0. The van der Waals surface area contributed by atoms with Crippen molar-refractivity contribution in [3.05, 3.63) is 29.7 Å². The van der Waals surface area contributed by atoms with Crippen LogP contribution in [0.25, 0.3) is 0 Å². The molecule has 1 amide bonds. The molecule has 2 rings (SSSR count). The van der Waals surface area contributed by atoms with Gasteiger partial charge in [-0.2, -0.15) is 0 Å². The highest BCUT2D eigenvalue weighted by Crippen LogP contribution is 2.11. The summed E-state index contributed by atoms with van der Waals surface area (Å²) in [6.07, 6.45) is 7.22. The Kier molecular flexibility index (Phi) is 4.25. The normalized spacial score (nSPS) is 15.0. The lowest BCUT2D eigenvalue weighted by Gasteiger charge is -2.14. The van der Waals surface area contributed by atoms with Crippen LogP contribution in [-0.4, -0.2) is 35.5 Å². The Morgan fingerprint density at radius 2 is 2.28 bits per heavy atom. The van der Waals surface area contributed by atoms with Gasteiger partial charge in [0.15, 0.2) is 11.5 Å². The second kappa shape index (κ2) is 6.11. The van der Waals surface area contributed by atoms with Gasteiger partial charge in [0.1, 0.15) is 0 Å². The van der Waals surface area contributed by atoms with Gasteiger partial charge >= 0.3 is 0 Å². The number of amides is 1. The summed E-state index contributed by atoms with van der Waals surface area (Å²) in [5.41, 5.74) is 6.84. The van der Waals surface area contributed by atoms with Crippen molar-refractivity contribution in [3.8, 4) is 0 Å². The topological polar surface area (TPSA) is 92.9 Å². The Balaban J connectivity index is 1.90. The van der Waals surface area contributed by atoms with Gasteiger partial charge in [-0.15, -0.1) is 0 Å². The van der Waals surface area contributed by atoms with E-state index in [1.54, 1.807) is 6.20 Å². The van der Waals surface area contributed by atoms with Crippen molar-refractivity contribution in [1.82, 2.24) is 15.3 Å². The first-order valence-corrected chi connectivity index (χ1v) is 6.00. The zero-order valence-corrected chi connectivity index (χ0v) is 10.1. The predicted octanol–water partition coefficient (Wildman–Crippen LogP) is 0.297. The Morgan fingerprint density at radius 1 is 1.44 bits per heavy atom. The van der Waals surface area contributed by atoms with Crippen LogP contribution < -0.4 is 16.4 Å². The highest BCUT2D eigenvalue weighted by Gasteiger charge is 2.10. The minimum absolute atomic E-state index is 0.191. The monoisotopic (exact) mass is 247 g/mol. The quantitative estimate of drug-likeness (QED) is 0.651. The molecule has 18 heavy (non-hydrogen) atoms. The molecule has 1 aliphatic rings. The fraction of sp³-hybridized carbons (Fsp3) is 0.417. The van der Waals surface area contributed by atoms with Gasteiger partial charge in [0.25, 0.3) is 5.91 Å². The molecule has 6 nitrogen and oxygen atoms in total. The van der Waals surface area contributed by atoms with Crippen molar-refractivity contribution < 1.29 is 4.79 Å². The molecule has 1 aromatic rings. The number of aromatic nitrogens is 2. The van der Waals surface area contributed by atoms with E-state index in [0.29, 0.717) is 5.82 Å². The number of carbonyl (C=O) groups excluding carboxylic acids is 1. The number of rotatable bonds is 5. The van der Waals surface area contributed by atoms with Crippen molar-refractivity contribution in [2.24, 2.45) is 5.73 Å². The minimum Gasteiger partial charge on any atom is -0.368 e. The van der Waals surface area contributed by atoms with E-state index in [0.717, 1.165) is 32.5 Å². The molecule has 0 aromatic carbocycles. The van der Waals surface area contributed by atoms with Crippen molar-refractivity contribution in [1.29, 1.82) is 0 Å². The summed E-state index contributed by atoms with van der Waals surface area (Å²) in [6.45, 7) is 2.70. The molecule has 0 bridgehead atoms. The zero-order valence-electron chi connectivity index (χ0n) is 10.1. The first kappa shape index (κ1) is 12.5. The number of hydrogen-bond donors (Lipinski definition) is 3. The van der Waals surface area contributed by atoms with Gasteiger partial charge in [0.05, 0.1) is 0 Å². The van der Waals surface area contributed by atoms with Crippen molar-refractivity contribution >= 4 is 11.7 Å². The van der Waals surface area contributed by atoms with E-state index in [2.05, 4.69) is 26.7 Å². The van der Waals surface area contributed by atoms with Gasteiger partial charge in [-0.05, 0) is 19.4 Å². The van der Waals surface area contributed by atoms with E-state index in [1.165, 1.54) is 11.8 Å². The molecule has 0 saturated heterocycles. The van der Waals surface area contributed by atoms with Gasteiger partial charge < -0.3 is 16.4 Å². The third kappa shape index (κ3) is 3.27. The number of hydrogen-bond acceptors (Lipinski definition) is 5. The third-order valence-electron chi connectivity index (χ3n) is 2.83. The van der Waals surface area contributed by atoms with Crippen LogP contribution in [0.4, 0.5) is 5.82 Å². The van der Waals surface area contributed by atoms with Crippen LogP contribution in [0.2, 0.25) is 0 Å². The smallest absolute Gasteiger partial charge is 0.271 e. The maximum Gasteiger partial charge on any atom is 0.271 e. The van der Waals surface area contributed by atoms with Crippen molar-refractivity contribution in [2.45, 2.75) is 12.8 Å². The standard InChI is InChI=1S/C12H17N5O/c13-11(18)10-12(17-8-7-15-10)16-6-3-9-1-4-14-5-2-9/h1,7-8,14H,2-6H2,(H2,13,18)(H,16,17). The first-order chi connectivity index (χ1) is 8.77. The molecule has 0 radical (unpaired) electrons. The van der Waals surface area contributed by atoms with E-state index in [4.69, 9.17) is 5.73 Å². The van der Waals surface area contributed by atoms with E-state index in [1.807, 2.05) is 0 Å². The second-order valence-electron chi connectivity index (χ2n) is 4.11. The van der Waals surface area contributed by atoms with Crippen LogP contribution in [0, 0.1) is 0 Å². The van der Waals surface area contributed by atoms with E-state index >= 15 is 0 Å². The summed E-state index contributed by atoms with van der Waals surface area (Å²) in [7, 11) is 0. The number of nitrogens with two attached hydrogens (primary N) is 1. The lowest BCUT2D eigenvalue weighted by Crippen LogP contribution is -2.22. The number of nitrogens with one attached hydrogen (secondary N) is 2. The van der Waals surface area contributed by atoms with Gasteiger partial charge in [0, 0.05) is 25.5 Å². The van der Waals surface area contributed by atoms with Crippen molar-refractivity contribution in [2.75, 3.05) is 25.0 Å². The minimum atomic E-state index is -0.563. The van der Waals surface area contributed by atoms with Gasteiger partial charge in [-0.3, -0.25) is 4.79 Å². The summed E-state index contributed by atoms with van der Waals surface area (Å²) in [5.74, 6) is -0.105. The lowest BCUT2D eigenvalue weighted by molar-refractivity contribution is 0.0996. The van der Waals surface area contributed by atoms with Crippen LogP contribution in [0.3, 0.4) is 0 Å². The van der Waals surface area contributed by atoms with Gasteiger partial charge in [-0.25, -0.2) is 9.97 Å². The Morgan fingerprint density at radius 3 is 3.00 bits per heavy atom. The fourth-order valence-corrected chi connectivity index (χ4v) is 1.89. The second-order valence-corrected chi connectivity index (χ2v) is 4.11. The number of anilines is 1. The highest BCUT2D eigenvalue weighted by molar-refractivity contribution is 5.95. The maximum atomic E-state index is 11.1. The van der Waals surface area contributed by atoms with E-state index < -0.39 is 5.91 Å². The Hall–Kier alpha value is -1.95. The number of carbonyl (C=O) groups is 1. The molecule has 1 aliphatic heterocycles. The molecule has 0 unspecified atom stereocenters. The average Bonchev–Trinajstić information content (AvgIpc) is 2.40. The molecule has 0 fully saturated rings. The molecule has 0 aliphatic carbocycles. The molecular formula is C12H17N5O. The Bertz CT molecular complexity index is 458. The molecular weight excluding hydrogens is 230 g/mol. The van der Waals surface area contributed by atoms with E-state index in [-0.39, 0.29) is 5.69 Å². The number of primary amides is 1. The lowest BCUT2D eigenvalue weighted by atomic mass is 10.1. The molecule has 0 saturated carbocycles. The molecule has 96 valence electrons. The first-order valence-electron chi connectivity index (χ1n) is 6.00. The molecule has 1 aromatic heterocycles. The highest BCUT2D eigenvalue weighted by atomic mass is 16.1. The molecule has 2 heterocycles. The van der Waals surface area contributed by atoms with Crippen LogP contribution in [0.15, 0.2) is 24.0 Å². The third-order valence-corrected chi connectivity index (χ3v) is 2.83. The predicted molar refractivity (Wildman–Crippen MR) is 69.2 cm³/mol. The average molecular weight is 247 g/mol. The summed E-state index contributed by atoms with van der Waals surface area (Å²) < 4.78 is 0. The summed E-state index contributed by atoms with van der Waals surface area (Å²) in [4.78, 5) is 19.1. The Labute approximate surface area is 106 Å². The number of nitrogens with zero attached hydrogens (tertiary/aromatic N) is 2. The van der Waals surface area contributed by atoms with Gasteiger partial charge in [0.2, 0.25) is 0 Å². The van der Waals surface area contributed by atoms with Crippen LogP contribution in [0.1, 0.15) is 23.3 Å². The van der Waals surface area contributed by atoms with E-state index in [9.17, 15) is 4.79 Å².